The average molecular weight is 787 g/mol. The molecule has 4 rings (SSSR count). The van der Waals surface area contributed by atoms with Crippen molar-refractivity contribution in [2.45, 2.75) is 216 Å². The Kier molecular flexibility index (Phi) is 23.5. The minimum Gasteiger partial charge on any atom is -0.462 e. The smallest absolute Gasteiger partial charge is 0.306 e. The molecule has 0 aromatic rings. The van der Waals surface area contributed by atoms with Gasteiger partial charge in [0.05, 0.1) is 0 Å². The molecule has 3 fully saturated rings. The highest BCUT2D eigenvalue weighted by atomic mass is 16.5. The van der Waals surface area contributed by atoms with Crippen molar-refractivity contribution in [2.75, 3.05) is 26.2 Å². The van der Waals surface area contributed by atoms with Gasteiger partial charge in [-0.2, -0.15) is 0 Å². The van der Waals surface area contributed by atoms with Gasteiger partial charge in [-0.25, -0.2) is 0 Å². The van der Waals surface area contributed by atoms with Gasteiger partial charge in [0.1, 0.15) is 6.10 Å². The lowest BCUT2D eigenvalue weighted by Crippen LogP contribution is -2.50. The van der Waals surface area contributed by atoms with E-state index in [9.17, 15) is 9.59 Å². The number of nitrogens with one attached hydrogen (secondary N) is 1. The third-order valence-electron chi connectivity index (χ3n) is 14.9. The Balaban J connectivity index is 0.00000262. The molecule has 7 heteroatoms. The van der Waals surface area contributed by atoms with Crippen LogP contribution in [0.2, 0.25) is 0 Å². The Hall–Kier alpha value is -1.44. The van der Waals surface area contributed by atoms with Gasteiger partial charge in [0.2, 0.25) is 5.91 Å². The summed E-state index contributed by atoms with van der Waals surface area (Å²) in [4.78, 5) is 28.2. The number of hydrogen-bond donors (Lipinski definition) is 3. The highest BCUT2D eigenvalue weighted by Crippen LogP contribution is 2.67. The fourth-order valence-electron chi connectivity index (χ4n) is 11.5. The molecule has 56 heavy (non-hydrogen) atoms. The predicted molar refractivity (Wildman–Crippen MR) is 239 cm³/mol. The number of allylic oxidation sites excluding steroid dienone is 1. The number of carbonyl (C=O) groups excluding carboxylic acids is 2. The van der Waals surface area contributed by atoms with Gasteiger partial charge < -0.3 is 26.4 Å². The van der Waals surface area contributed by atoms with Gasteiger partial charge in [0.15, 0.2) is 0 Å². The summed E-state index contributed by atoms with van der Waals surface area (Å²) < 4.78 is 6.11. The minimum atomic E-state index is -0.139. The van der Waals surface area contributed by atoms with Crippen molar-refractivity contribution in [1.82, 2.24) is 10.2 Å². The van der Waals surface area contributed by atoms with Crippen LogP contribution in [0.25, 0.3) is 0 Å². The van der Waals surface area contributed by atoms with Crippen LogP contribution in [0.3, 0.4) is 0 Å². The molecule has 5 N–H and O–H groups in total. The molecule has 0 aromatic carbocycles. The summed E-state index contributed by atoms with van der Waals surface area (Å²) in [5.74, 6) is 5.06. The molecule has 0 spiro atoms. The summed E-state index contributed by atoms with van der Waals surface area (Å²) in [5.41, 5.74) is 14.2. The van der Waals surface area contributed by atoms with Gasteiger partial charge in [0, 0.05) is 44.4 Å². The third kappa shape index (κ3) is 14.7. The first-order valence-electron chi connectivity index (χ1n) is 24.2. The third-order valence-corrected chi connectivity index (χ3v) is 14.9. The Morgan fingerprint density at radius 3 is 2.21 bits per heavy atom. The lowest BCUT2D eigenvalue weighted by Gasteiger charge is -2.58. The zero-order valence-corrected chi connectivity index (χ0v) is 38.9. The zero-order valence-electron chi connectivity index (χ0n) is 38.9. The summed E-state index contributed by atoms with van der Waals surface area (Å²) in [7, 11) is 0. The molecule has 7 nitrogen and oxygen atoms in total. The fourth-order valence-corrected chi connectivity index (χ4v) is 11.5. The number of nitrogens with two attached hydrogens (primary N) is 2. The van der Waals surface area contributed by atoms with Crippen LogP contribution in [-0.2, 0) is 14.3 Å². The van der Waals surface area contributed by atoms with Crippen molar-refractivity contribution in [1.29, 1.82) is 0 Å². The number of unbranched alkanes of at least 4 members (excludes halogenated alkanes) is 1. The molecule has 4 aliphatic carbocycles. The van der Waals surface area contributed by atoms with Crippen LogP contribution in [0.1, 0.15) is 198 Å². The van der Waals surface area contributed by atoms with E-state index in [0.717, 1.165) is 100 Å². The lowest BCUT2D eigenvalue weighted by atomic mass is 9.47. The first-order chi connectivity index (χ1) is 26.8. The normalized spacial score (nSPS) is 29.5. The number of carbonyl (C=O) groups is 2. The highest BCUT2D eigenvalue weighted by Gasteiger charge is 2.58. The molecule has 0 heterocycles. The van der Waals surface area contributed by atoms with E-state index in [0.29, 0.717) is 31.2 Å². The first kappa shape index (κ1) is 50.7. The summed E-state index contributed by atoms with van der Waals surface area (Å²) in [6.07, 6.45) is 23.0. The van der Waals surface area contributed by atoms with Crippen molar-refractivity contribution in [3.05, 3.63) is 11.6 Å². The van der Waals surface area contributed by atoms with Crippen molar-refractivity contribution >= 4 is 11.9 Å². The van der Waals surface area contributed by atoms with Gasteiger partial charge in [-0.3, -0.25) is 9.59 Å². The number of hydrogen-bond acceptors (Lipinski definition) is 6. The summed E-state index contributed by atoms with van der Waals surface area (Å²) >= 11 is 0. The highest BCUT2D eigenvalue weighted by molar-refractivity contribution is 5.77. The van der Waals surface area contributed by atoms with Crippen LogP contribution in [0.5, 0.6) is 0 Å². The monoisotopic (exact) mass is 787 g/mol. The Morgan fingerprint density at radius 2 is 1.55 bits per heavy atom. The van der Waals surface area contributed by atoms with Gasteiger partial charge in [0.25, 0.3) is 0 Å². The first-order valence-corrected chi connectivity index (χ1v) is 24.2. The molecule has 0 bridgehead atoms. The van der Waals surface area contributed by atoms with Crippen molar-refractivity contribution < 1.29 is 14.3 Å². The molecule has 4 aliphatic rings. The molecular formula is C49H94N4O3. The number of fused-ring (bicyclic) bond motifs is 5. The molecular weight excluding hydrogens is 693 g/mol. The second kappa shape index (κ2) is 25.9. The standard InChI is InChI=1S/C45H82N4O3.2C2H6/c1-8-35(32(2)3)13-11-14-36-18-20-40-39-19-17-37-31-38(21-25-45(37,7)41(39)22-26-44(36,40)6)52-43(51)16-12-15-42(50)49(30-24-34(5)47)29-10-9-27-48-28-23-33(4)46;2*1-2/h17,32-36,38-41,48H,8-16,18-31,46-47H2,1-7H3;2*1-2H3. The predicted octanol–water partition coefficient (Wildman–Crippen LogP) is 11.2. The summed E-state index contributed by atoms with van der Waals surface area (Å²) in [6.45, 7) is 27.7. The van der Waals surface area contributed by atoms with E-state index >= 15 is 0 Å². The van der Waals surface area contributed by atoms with Crippen LogP contribution in [0.4, 0.5) is 0 Å². The van der Waals surface area contributed by atoms with E-state index in [1.807, 2.05) is 46.4 Å². The van der Waals surface area contributed by atoms with Crippen LogP contribution < -0.4 is 16.8 Å². The average Bonchev–Trinajstić information content (AvgIpc) is 3.51. The van der Waals surface area contributed by atoms with E-state index in [1.165, 1.54) is 57.8 Å². The molecule has 1 amide bonds. The fraction of sp³-hybridized carbons (Fsp3) is 0.918. The quantitative estimate of drug-likeness (QED) is 0.0572. The zero-order chi connectivity index (χ0) is 41.9. The Bertz CT molecular complexity index is 1140. The topological polar surface area (TPSA) is 111 Å². The van der Waals surface area contributed by atoms with E-state index in [1.54, 1.807) is 5.57 Å². The second-order valence-electron chi connectivity index (χ2n) is 19.0. The van der Waals surface area contributed by atoms with E-state index in [4.69, 9.17) is 16.2 Å². The van der Waals surface area contributed by atoms with Gasteiger partial charge in [-0.15, -0.1) is 0 Å². The maximum absolute atomic E-state index is 13.2. The molecule has 0 aromatic heterocycles. The Labute approximate surface area is 347 Å². The molecule has 328 valence electrons. The maximum atomic E-state index is 13.2. The number of amides is 1. The number of esters is 1. The SMILES string of the molecule is CC.CC.CCC(CCCC1CCC2C3CC=C4CC(OC(=O)CCCC(=O)N(CCCCNCCC(C)N)CCC(C)N)CCC4(C)C3CCC12C)C(C)C. The van der Waals surface area contributed by atoms with Crippen molar-refractivity contribution in [3.8, 4) is 0 Å². The molecule has 10 unspecified atom stereocenters. The van der Waals surface area contributed by atoms with Gasteiger partial charge >= 0.3 is 5.97 Å². The molecule has 0 radical (unpaired) electrons. The molecule has 0 aliphatic heterocycles. The van der Waals surface area contributed by atoms with Crippen LogP contribution in [-0.4, -0.2) is 61.1 Å². The van der Waals surface area contributed by atoms with Crippen LogP contribution in [0, 0.1) is 46.3 Å². The van der Waals surface area contributed by atoms with E-state index in [2.05, 4.69) is 46.0 Å². The number of ether oxygens (including phenoxy) is 1. The number of rotatable bonds is 22. The lowest BCUT2D eigenvalue weighted by molar-refractivity contribution is -0.151. The second-order valence-corrected chi connectivity index (χ2v) is 19.0. The molecule has 0 saturated heterocycles. The summed E-state index contributed by atoms with van der Waals surface area (Å²) in [6, 6.07) is 0.276. The summed E-state index contributed by atoms with van der Waals surface area (Å²) in [5, 5.41) is 3.44. The van der Waals surface area contributed by atoms with Crippen LogP contribution in [0.15, 0.2) is 11.6 Å². The molecule has 10 atom stereocenters. The van der Waals surface area contributed by atoms with Crippen molar-refractivity contribution in [3.63, 3.8) is 0 Å². The van der Waals surface area contributed by atoms with Gasteiger partial charge in [-0.05, 0) is 157 Å². The van der Waals surface area contributed by atoms with Crippen molar-refractivity contribution in [2.24, 2.45) is 57.8 Å². The molecule has 3 saturated carbocycles. The number of nitrogens with zero attached hydrogens (tertiary/aromatic N) is 1. The van der Waals surface area contributed by atoms with Crippen LogP contribution >= 0.6 is 0 Å². The maximum Gasteiger partial charge on any atom is 0.306 e. The minimum absolute atomic E-state index is 0.0224. The van der Waals surface area contributed by atoms with E-state index < -0.39 is 0 Å². The van der Waals surface area contributed by atoms with Gasteiger partial charge in [-0.1, -0.05) is 93.2 Å². The Morgan fingerprint density at radius 1 is 0.839 bits per heavy atom. The van der Waals surface area contributed by atoms with E-state index in [-0.39, 0.29) is 35.5 Å². The largest absolute Gasteiger partial charge is 0.462 e.